The van der Waals surface area contributed by atoms with Gasteiger partial charge in [0, 0.05) is 31.1 Å². The molecule has 1 spiro atoms. The van der Waals surface area contributed by atoms with E-state index in [4.69, 9.17) is 9.47 Å². The van der Waals surface area contributed by atoms with Gasteiger partial charge >= 0.3 is 12.1 Å². The van der Waals surface area contributed by atoms with Crippen LogP contribution < -0.4 is 4.74 Å². The fourth-order valence-electron chi connectivity index (χ4n) is 4.62. The van der Waals surface area contributed by atoms with E-state index in [1.165, 1.54) is 6.07 Å². The van der Waals surface area contributed by atoms with Crippen LogP contribution in [0.2, 0.25) is 0 Å². The number of rotatable bonds is 2. The van der Waals surface area contributed by atoms with Crippen LogP contribution in [0, 0.1) is 11.3 Å². The molecule has 0 radical (unpaired) electrons. The molecule has 1 aliphatic carbocycles. The third kappa shape index (κ3) is 4.48. The number of hydrogen-bond acceptors (Lipinski definition) is 5. The number of nitrogens with zero attached hydrogens (tertiary/aromatic N) is 2. The molecule has 168 valence electrons. The van der Waals surface area contributed by atoms with Gasteiger partial charge in [0.15, 0.2) is 0 Å². The van der Waals surface area contributed by atoms with Gasteiger partial charge in [0.05, 0.1) is 12.1 Å². The Balaban J connectivity index is 1.36. The molecule has 1 atom stereocenters. The van der Waals surface area contributed by atoms with Gasteiger partial charge in [-0.25, -0.2) is 9.59 Å². The standard InChI is InChI=1S/C23H30N2O6/c1-22(2,3)31-21(29)24-8-6-23(7-9-24)13-17(23)19(26)25-10-11-30-18-12-15(20(27)28)4-5-16(18)14-25/h4-5,12,17H,6-11,13-14H2,1-3H3,(H,27,28). The van der Waals surface area contributed by atoms with Crippen molar-refractivity contribution in [2.45, 2.75) is 52.2 Å². The summed E-state index contributed by atoms with van der Waals surface area (Å²) >= 11 is 0. The van der Waals surface area contributed by atoms with Crippen LogP contribution in [-0.2, 0) is 16.1 Å². The first-order chi connectivity index (χ1) is 14.6. The molecule has 1 saturated carbocycles. The van der Waals surface area contributed by atoms with Crippen molar-refractivity contribution in [1.29, 1.82) is 0 Å². The van der Waals surface area contributed by atoms with E-state index in [0.29, 0.717) is 38.5 Å². The van der Waals surface area contributed by atoms with E-state index >= 15 is 0 Å². The van der Waals surface area contributed by atoms with Gasteiger partial charge in [0.1, 0.15) is 18.0 Å². The first-order valence-corrected chi connectivity index (χ1v) is 10.8. The van der Waals surface area contributed by atoms with Crippen LogP contribution in [0.4, 0.5) is 4.79 Å². The average molecular weight is 431 g/mol. The molecule has 2 aliphatic heterocycles. The number of piperidine rings is 1. The summed E-state index contributed by atoms with van der Waals surface area (Å²) in [5.74, 6) is -0.356. The number of ether oxygens (including phenoxy) is 2. The van der Waals surface area contributed by atoms with Gasteiger partial charge in [-0.05, 0) is 57.6 Å². The highest BCUT2D eigenvalue weighted by molar-refractivity contribution is 5.88. The lowest BCUT2D eigenvalue weighted by Crippen LogP contribution is -2.43. The molecular weight excluding hydrogens is 400 g/mol. The molecule has 4 rings (SSSR count). The molecule has 0 aromatic heterocycles. The molecule has 1 aromatic rings. The van der Waals surface area contributed by atoms with Crippen LogP contribution >= 0.6 is 0 Å². The smallest absolute Gasteiger partial charge is 0.410 e. The number of carbonyl (C=O) groups is 3. The fourth-order valence-corrected chi connectivity index (χ4v) is 4.62. The molecule has 3 aliphatic rings. The van der Waals surface area contributed by atoms with Gasteiger partial charge < -0.3 is 24.4 Å². The van der Waals surface area contributed by atoms with Gasteiger partial charge in [-0.2, -0.15) is 0 Å². The fraction of sp³-hybridized carbons (Fsp3) is 0.609. The summed E-state index contributed by atoms with van der Waals surface area (Å²) in [7, 11) is 0. The maximum absolute atomic E-state index is 13.2. The van der Waals surface area contributed by atoms with E-state index in [9.17, 15) is 19.5 Å². The summed E-state index contributed by atoms with van der Waals surface area (Å²) in [4.78, 5) is 40.3. The SMILES string of the molecule is CC(C)(C)OC(=O)N1CCC2(CC1)CC2C(=O)N1CCOc2cc(C(=O)O)ccc2C1. The Morgan fingerprint density at radius 1 is 1.13 bits per heavy atom. The number of fused-ring (bicyclic) bond motifs is 1. The van der Waals surface area contributed by atoms with Gasteiger partial charge in [-0.3, -0.25) is 4.79 Å². The Labute approximate surface area is 182 Å². The maximum atomic E-state index is 13.2. The van der Waals surface area contributed by atoms with Crippen LogP contribution in [0.5, 0.6) is 5.75 Å². The number of aromatic carboxylic acids is 1. The Morgan fingerprint density at radius 3 is 2.48 bits per heavy atom. The van der Waals surface area contributed by atoms with E-state index in [2.05, 4.69) is 0 Å². The summed E-state index contributed by atoms with van der Waals surface area (Å²) in [5, 5.41) is 9.17. The van der Waals surface area contributed by atoms with E-state index in [0.717, 1.165) is 24.8 Å². The third-order valence-electron chi connectivity index (χ3n) is 6.50. The molecule has 8 nitrogen and oxygen atoms in total. The molecule has 2 fully saturated rings. The van der Waals surface area contributed by atoms with E-state index in [-0.39, 0.29) is 28.9 Å². The van der Waals surface area contributed by atoms with Crippen molar-refractivity contribution in [3.8, 4) is 5.75 Å². The molecule has 31 heavy (non-hydrogen) atoms. The van der Waals surface area contributed by atoms with Crippen molar-refractivity contribution < 1.29 is 29.0 Å². The summed E-state index contributed by atoms with van der Waals surface area (Å²) in [6, 6.07) is 4.80. The van der Waals surface area contributed by atoms with Crippen molar-refractivity contribution in [1.82, 2.24) is 9.80 Å². The zero-order chi connectivity index (χ0) is 22.4. The minimum absolute atomic E-state index is 0.0151. The summed E-state index contributed by atoms with van der Waals surface area (Å²) in [6.07, 6.45) is 2.20. The van der Waals surface area contributed by atoms with Crippen LogP contribution in [0.25, 0.3) is 0 Å². The lowest BCUT2D eigenvalue weighted by molar-refractivity contribution is -0.134. The molecule has 2 heterocycles. The van der Waals surface area contributed by atoms with Gasteiger partial charge in [0.2, 0.25) is 5.91 Å². The average Bonchev–Trinajstić information content (AvgIpc) is 3.43. The summed E-state index contributed by atoms with van der Waals surface area (Å²) in [6.45, 7) is 8.04. The zero-order valence-electron chi connectivity index (χ0n) is 18.3. The second-order valence-corrected chi connectivity index (χ2v) is 9.82. The molecule has 0 bridgehead atoms. The van der Waals surface area contributed by atoms with Crippen LogP contribution in [0.1, 0.15) is 56.0 Å². The summed E-state index contributed by atoms with van der Waals surface area (Å²) < 4.78 is 11.2. The quantitative estimate of drug-likeness (QED) is 0.774. The van der Waals surface area contributed by atoms with Gasteiger partial charge in [-0.1, -0.05) is 6.07 Å². The van der Waals surface area contributed by atoms with Crippen molar-refractivity contribution >= 4 is 18.0 Å². The number of benzene rings is 1. The second kappa shape index (κ2) is 7.73. The largest absolute Gasteiger partial charge is 0.491 e. The molecule has 1 unspecified atom stereocenters. The number of carboxylic acids is 1. The number of hydrogen-bond donors (Lipinski definition) is 1. The molecule has 1 aromatic carbocycles. The second-order valence-electron chi connectivity index (χ2n) is 9.82. The minimum Gasteiger partial charge on any atom is -0.491 e. The van der Waals surface area contributed by atoms with Crippen molar-refractivity contribution in [2.75, 3.05) is 26.2 Å². The third-order valence-corrected chi connectivity index (χ3v) is 6.50. The first kappa shape index (κ1) is 21.5. The normalized spacial score (nSPS) is 22.2. The molecule has 8 heteroatoms. The van der Waals surface area contributed by atoms with Gasteiger partial charge in [0.25, 0.3) is 0 Å². The first-order valence-electron chi connectivity index (χ1n) is 10.8. The van der Waals surface area contributed by atoms with E-state index in [1.807, 2.05) is 25.7 Å². The zero-order valence-corrected chi connectivity index (χ0v) is 18.3. The molecule has 2 amide bonds. The maximum Gasteiger partial charge on any atom is 0.410 e. The van der Waals surface area contributed by atoms with Crippen molar-refractivity contribution in [2.24, 2.45) is 11.3 Å². The van der Waals surface area contributed by atoms with Crippen LogP contribution in [0.15, 0.2) is 18.2 Å². The number of carboxylic acid groups (broad SMARTS) is 1. The van der Waals surface area contributed by atoms with Crippen LogP contribution in [-0.4, -0.2) is 64.7 Å². The molecule has 1 saturated heterocycles. The highest BCUT2D eigenvalue weighted by atomic mass is 16.6. The Bertz CT molecular complexity index is 898. The van der Waals surface area contributed by atoms with E-state index < -0.39 is 11.6 Å². The van der Waals surface area contributed by atoms with Crippen LogP contribution in [0.3, 0.4) is 0 Å². The lowest BCUT2D eigenvalue weighted by Gasteiger charge is -2.34. The number of carbonyl (C=O) groups excluding carboxylic acids is 2. The number of amides is 2. The highest BCUT2D eigenvalue weighted by Crippen LogP contribution is 2.60. The van der Waals surface area contributed by atoms with Crippen molar-refractivity contribution in [3.05, 3.63) is 29.3 Å². The Kier molecular flexibility index (Phi) is 5.35. The Hall–Kier alpha value is -2.77. The monoisotopic (exact) mass is 430 g/mol. The van der Waals surface area contributed by atoms with E-state index in [1.54, 1.807) is 17.0 Å². The number of likely N-dealkylation sites (tertiary alicyclic amines) is 1. The Morgan fingerprint density at radius 2 is 1.84 bits per heavy atom. The predicted octanol–water partition coefficient (Wildman–Crippen LogP) is 3.14. The van der Waals surface area contributed by atoms with Gasteiger partial charge in [-0.15, -0.1) is 0 Å². The minimum atomic E-state index is -0.999. The highest BCUT2D eigenvalue weighted by Gasteiger charge is 2.59. The molecule has 1 N–H and O–H groups in total. The predicted molar refractivity (Wildman–Crippen MR) is 112 cm³/mol. The lowest BCUT2D eigenvalue weighted by atomic mass is 9.90. The summed E-state index contributed by atoms with van der Waals surface area (Å²) in [5.41, 5.74) is 0.473. The topological polar surface area (TPSA) is 96.4 Å². The molecular formula is C23H30N2O6. The van der Waals surface area contributed by atoms with Crippen molar-refractivity contribution in [3.63, 3.8) is 0 Å².